The molecular weight excluding hydrogens is 404 g/mol. The number of methoxy groups -OCH3 is 1. The topological polar surface area (TPSA) is 89.7 Å². The second kappa shape index (κ2) is 9.38. The van der Waals surface area contributed by atoms with Crippen LogP contribution in [0.15, 0.2) is 41.0 Å². The molecule has 1 amide bonds. The third kappa shape index (κ3) is 4.86. The molecular formula is C21H24N4O4S. The van der Waals surface area contributed by atoms with Crippen LogP contribution in [0.5, 0.6) is 5.75 Å². The Labute approximate surface area is 179 Å². The molecule has 0 saturated carbocycles. The molecule has 1 saturated heterocycles. The van der Waals surface area contributed by atoms with Crippen molar-refractivity contribution in [1.82, 2.24) is 14.3 Å². The molecule has 8 nitrogen and oxygen atoms in total. The number of hydrogen-bond acceptors (Lipinski definition) is 8. The van der Waals surface area contributed by atoms with E-state index in [9.17, 15) is 4.79 Å². The van der Waals surface area contributed by atoms with Crippen LogP contribution in [0.2, 0.25) is 0 Å². The van der Waals surface area contributed by atoms with Crippen LogP contribution in [0.25, 0.3) is 11.3 Å². The molecule has 0 aliphatic carbocycles. The van der Waals surface area contributed by atoms with Crippen molar-refractivity contribution in [3.8, 4) is 17.1 Å². The molecule has 4 rings (SSSR count). The number of carbonyl (C=O) groups excluding carboxylic acids is 1. The van der Waals surface area contributed by atoms with E-state index in [0.29, 0.717) is 22.5 Å². The number of rotatable bonds is 7. The van der Waals surface area contributed by atoms with E-state index in [0.717, 1.165) is 49.9 Å². The van der Waals surface area contributed by atoms with Crippen molar-refractivity contribution < 1.29 is 18.7 Å². The third-order valence-corrected chi connectivity index (χ3v) is 5.72. The number of carbonyl (C=O) groups is 1. The lowest BCUT2D eigenvalue weighted by Crippen LogP contribution is -2.43. The van der Waals surface area contributed by atoms with Gasteiger partial charge in [0.25, 0.3) is 5.91 Å². The summed E-state index contributed by atoms with van der Waals surface area (Å²) in [4.78, 5) is 19.4. The van der Waals surface area contributed by atoms with Gasteiger partial charge in [0.15, 0.2) is 0 Å². The van der Waals surface area contributed by atoms with Crippen LogP contribution in [0, 0.1) is 0 Å². The van der Waals surface area contributed by atoms with E-state index in [1.54, 1.807) is 13.2 Å². The highest BCUT2D eigenvalue weighted by molar-refractivity contribution is 7.09. The van der Waals surface area contributed by atoms with Gasteiger partial charge in [-0.2, -0.15) is 4.37 Å². The number of benzene rings is 1. The molecule has 0 radical (unpaired) electrons. The SMILES string of the molecule is COc1cccc(-c2cc(C(=O)Nc3nc(CC(C)N4CCOCC4)ns3)co2)c1. The lowest BCUT2D eigenvalue weighted by atomic mass is 10.1. The second-order valence-corrected chi connectivity index (χ2v) is 7.85. The van der Waals surface area contributed by atoms with Gasteiger partial charge >= 0.3 is 0 Å². The Morgan fingerprint density at radius 2 is 2.17 bits per heavy atom. The molecule has 1 aliphatic rings. The van der Waals surface area contributed by atoms with Crippen molar-refractivity contribution in [3.63, 3.8) is 0 Å². The van der Waals surface area contributed by atoms with E-state index in [1.165, 1.54) is 17.8 Å². The molecule has 30 heavy (non-hydrogen) atoms. The van der Waals surface area contributed by atoms with Gasteiger partial charge in [-0.15, -0.1) is 0 Å². The van der Waals surface area contributed by atoms with Gasteiger partial charge in [0.2, 0.25) is 5.13 Å². The summed E-state index contributed by atoms with van der Waals surface area (Å²) in [6, 6.07) is 9.51. The van der Waals surface area contributed by atoms with Crippen LogP contribution in [0.1, 0.15) is 23.1 Å². The normalized spacial score (nSPS) is 15.7. The Morgan fingerprint density at radius 1 is 1.33 bits per heavy atom. The maximum Gasteiger partial charge on any atom is 0.260 e. The molecule has 1 aliphatic heterocycles. The molecule has 9 heteroatoms. The first-order valence-corrected chi connectivity index (χ1v) is 10.6. The first-order chi connectivity index (χ1) is 14.6. The molecule has 0 spiro atoms. The number of amides is 1. The van der Waals surface area contributed by atoms with Crippen molar-refractivity contribution >= 4 is 22.6 Å². The van der Waals surface area contributed by atoms with Crippen LogP contribution in [-0.2, 0) is 11.2 Å². The summed E-state index contributed by atoms with van der Waals surface area (Å²) in [6.07, 6.45) is 2.17. The monoisotopic (exact) mass is 428 g/mol. The minimum Gasteiger partial charge on any atom is -0.497 e. The quantitative estimate of drug-likeness (QED) is 0.617. The lowest BCUT2D eigenvalue weighted by molar-refractivity contribution is 0.0200. The van der Waals surface area contributed by atoms with Crippen molar-refractivity contribution in [2.75, 3.05) is 38.7 Å². The predicted molar refractivity (Wildman–Crippen MR) is 114 cm³/mol. The first kappa shape index (κ1) is 20.5. The summed E-state index contributed by atoms with van der Waals surface area (Å²) < 4.78 is 20.6. The minimum absolute atomic E-state index is 0.281. The standard InChI is InChI=1S/C21H24N4O4S/c1-14(25-6-8-28-9-7-25)10-19-22-21(30-24-19)23-20(26)16-12-18(29-13-16)15-4-3-5-17(11-15)27-2/h3-5,11-14H,6-10H2,1-2H3,(H,22,23,24,26). The summed E-state index contributed by atoms with van der Waals surface area (Å²) in [5, 5.41) is 3.29. The number of furan rings is 1. The number of aromatic nitrogens is 2. The number of ether oxygens (including phenoxy) is 2. The molecule has 3 aromatic rings. The molecule has 158 valence electrons. The number of morpholine rings is 1. The average Bonchev–Trinajstić information content (AvgIpc) is 3.44. The molecule has 1 N–H and O–H groups in total. The van der Waals surface area contributed by atoms with E-state index in [2.05, 4.69) is 26.5 Å². The van der Waals surface area contributed by atoms with Gasteiger partial charge in [-0.1, -0.05) is 12.1 Å². The Hall–Kier alpha value is -2.75. The smallest absolute Gasteiger partial charge is 0.260 e. The van der Waals surface area contributed by atoms with Crippen molar-refractivity contribution in [2.24, 2.45) is 0 Å². The van der Waals surface area contributed by atoms with Crippen molar-refractivity contribution in [2.45, 2.75) is 19.4 Å². The maximum absolute atomic E-state index is 12.6. The average molecular weight is 429 g/mol. The van der Waals surface area contributed by atoms with Gasteiger partial charge in [0.1, 0.15) is 23.6 Å². The number of anilines is 1. The highest BCUT2D eigenvalue weighted by atomic mass is 32.1. The van der Waals surface area contributed by atoms with E-state index < -0.39 is 0 Å². The van der Waals surface area contributed by atoms with Gasteiger partial charge in [-0.05, 0) is 25.1 Å². The Morgan fingerprint density at radius 3 is 2.97 bits per heavy atom. The number of nitrogens with zero attached hydrogens (tertiary/aromatic N) is 3. The molecule has 1 fully saturated rings. The predicted octanol–water partition coefficient (Wildman–Crippen LogP) is 3.32. The zero-order chi connectivity index (χ0) is 20.9. The first-order valence-electron chi connectivity index (χ1n) is 9.81. The fourth-order valence-corrected chi connectivity index (χ4v) is 3.94. The van der Waals surface area contributed by atoms with Gasteiger partial charge in [-0.25, -0.2) is 4.98 Å². The minimum atomic E-state index is -0.281. The summed E-state index contributed by atoms with van der Waals surface area (Å²) in [5.41, 5.74) is 1.26. The Bertz CT molecular complexity index is 996. The van der Waals surface area contributed by atoms with E-state index in [4.69, 9.17) is 13.9 Å². The molecule has 1 unspecified atom stereocenters. The molecule has 3 heterocycles. The molecule has 2 aromatic heterocycles. The molecule has 1 atom stereocenters. The fraction of sp³-hybridized carbons (Fsp3) is 0.381. The zero-order valence-corrected chi connectivity index (χ0v) is 17.8. The highest BCUT2D eigenvalue weighted by Crippen LogP contribution is 2.26. The van der Waals surface area contributed by atoms with Gasteiger partial charge in [0, 0.05) is 42.6 Å². The van der Waals surface area contributed by atoms with Crippen LogP contribution in [-0.4, -0.2) is 59.6 Å². The van der Waals surface area contributed by atoms with Crippen molar-refractivity contribution in [1.29, 1.82) is 0 Å². The molecule has 1 aromatic carbocycles. The summed E-state index contributed by atoms with van der Waals surface area (Å²) in [5.74, 6) is 1.77. The van der Waals surface area contributed by atoms with E-state index in [1.807, 2.05) is 24.3 Å². The van der Waals surface area contributed by atoms with Gasteiger partial charge in [0.05, 0.1) is 25.9 Å². The molecule has 0 bridgehead atoms. The third-order valence-electron chi connectivity index (χ3n) is 5.05. The Balaban J connectivity index is 1.37. The van der Waals surface area contributed by atoms with Crippen LogP contribution in [0.3, 0.4) is 0 Å². The van der Waals surface area contributed by atoms with Gasteiger partial charge in [-0.3, -0.25) is 15.0 Å². The second-order valence-electron chi connectivity index (χ2n) is 7.10. The maximum atomic E-state index is 12.6. The van der Waals surface area contributed by atoms with E-state index in [-0.39, 0.29) is 5.91 Å². The summed E-state index contributed by atoms with van der Waals surface area (Å²) >= 11 is 1.19. The largest absolute Gasteiger partial charge is 0.497 e. The van der Waals surface area contributed by atoms with Crippen LogP contribution >= 0.6 is 11.5 Å². The Kier molecular flexibility index (Phi) is 6.41. The number of hydrogen-bond donors (Lipinski definition) is 1. The number of nitrogens with one attached hydrogen (secondary N) is 1. The fourth-order valence-electron chi connectivity index (χ4n) is 3.35. The highest BCUT2D eigenvalue weighted by Gasteiger charge is 2.20. The van der Waals surface area contributed by atoms with E-state index >= 15 is 0 Å². The van der Waals surface area contributed by atoms with Gasteiger partial charge < -0.3 is 13.9 Å². The van der Waals surface area contributed by atoms with Crippen molar-refractivity contribution in [3.05, 3.63) is 48.0 Å². The lowest BCUT2D eigenvalue weighted by Gasteiger charge is -2.31. The van der Waals surface area contributed by atoms with Crippen LogP contribution < -0.4 is 10.1 Å². The van der Waals surface area contributed by atoms with Crippen LogP contribution in [0.4, 0.5) is 5.13 Å². The summed E-state index contributed by atoms with van der Waals surface area (Å²) in [6.45, 7) is 5.53. The zero-order valence-electron chi connectivity index (χ0n) is 17.0. The summed E-state index contributed by atoms with van der Waals surface area (Å²) in [7, 11) is 1.61.